The van der Waals surface area contributed by atoms with Gasteiger partial charge in [-0.05, 0) is 17.7 Å². The Morgan fingerprint density at radius 2 is 1.61 bits per heavy atom. The number of carbonyl (C=O) groups excluding carboxylic acids is 2. The van der Waals surface area contributed by atoms with Gasteiger partial charge in [0.2, 0.25) is 0 Å². The maximum Gasteiger partial charge on any atom is 0.261 e. The smallest absolute Gasteiger partial charge is 0.261 e. The molecule has 0 saturated carbocycles. The Labute approximate surface area is 103 Å². The van der Waals surface area contributed by atoms with Gasteiger partial charge in [-0.3, -0.25) is 14.5 Å². The lowest BCUT2D eigenvalue weighted by Gasteiger charge is -2.13. The Morgan fingerprint density at radius 1 is 1.11 bits per heavy atom. The van der Waals surface area contributed by atoms with Crippen molar-refractivity contribution in [3.8, 4) is 5.75 Å². The topological polar surface area (TPSA) is 87.1 Å². The van der Waals surface area contributed by atoms with Crippen LogP contribution in [-0.4, -0.2) is 46.2 Å². The molecule has 2 N–H and O–H groups in total. The number of nitrogens with zero attached hydrogens (tertiary/aromatic N) is 1. The molecule has 0 unspecified atom stereocenters. The molecule has 6 heteroatoms. The van der Waals surface area contributed by atoms with Gasteiger partial charge in [0.05, 0.1) is 13.7 Å². The molecule has 1 fully saturated rings. The quantitative estimate of drug-likeness (QED) is 0.693. The summed E-state index contributed by atoms with van der Waals surface area (Å²) in [6.45, 7) is 0.0236. The van der Waals surface area contributed by atoms with Crippen LogP contribution in [0.15, 0.2) is 24.3 Å². The highest BCUT2D eigenvalue weighted by atomic mass is 16.5. The fourth-order valence-corrected chi connectivity index (χ4v) is 1.77. The van der Waals surface area contributed by atoms with Crippen LogP contribution in [0.2, 0.25) is 0 Å². The van der Waals surface area contributed by atoms with Gasteiger partial charge < -0.3 is 14.9 Å². The van der Waals surface area contributed by atoms with Gasteiger partial charge in [0.15, 0.2) is 12.2 Å². The van der Waals surface area contributed by atoms with E-state index in [1.54, 1.807) is 24.3 Å². The first-order valence-electron chi connectivity index (χ1n) is 5.39. The van der Waals surface area contributed by atoms with Gasteiger partial charge in [0.1, 0.15) is 5.75 Å². The average molecular weight is 251 g/mol. The van der Waals surface area contributed by atoms with Crippen molar-refractivity contribution in [2.24, 2.45) is 0 Å². The summed E-state index contributed by atoms with van der Waals surface area (Å²) >= 11 is 0. The summed E-state index contributed by atoms with van der Waals surface area (Å²) in [5.41, 5.74) is 0.707. The van der Waals surface area contributed by atoms with E-state index in [9.17, 15) is 19.8 Å². The molecule has 1 aliphatic rings. The lowest BCUT2D eigenvalue weighted by Crippen LogP contribution is -2.31. The molecule has 0 radical (unpaired) electrons. The molecule has 96 valence electrons. The lowest BCUT2D eigenvalue weighted by atomic mass is 10.2. The Morgan fingerprint density at radius 3 is 2.06 bits per heavy atom. The van der Waals surface area contributed by atoms with Gasteiger partial charge in [-0.2, -0.15) is 0 Å². The third kappa shape index (κ3) is 2.07. The minimum absolute atomic E-state index is 0.0236. The summed E-state index contributed by atoms with van der Waals surface area (Å²) in [5, 5.41) is 18.6. The van der Waals surface area contributed by atoms with Crippen LogP contribution in [-0.2, 0) is 16.1 Å². The van der Waals surface area contributed by atoms with Gasteiger partial charge in [-0.15, -0.1) is 0 Å². The number of ether oxygens (including phenoxy) is 1. The maximum absolute atomic E-state index is 11.5. The minimum atomic E-state index is -1.66. The highest BCUT2D eigenvalue weighted by Gasteiger charge is 2.45. The van der Waals surface area contributed by atoms with E-state index in [0.717, 1.165) is 4.90 Å². The van der Waals surface area contributed by atoms with Crippen LogP contribution in [0.1, 0.15) is 5.56 Å². The van der Waals surface area contributed by atoms with Crippen molar-refractivity contribution in [2.45, 2.75) is 18.8 Å². The van der Waals surface area contributed by atoms with E-state index in [-0.39, 0.29) is 6.54 Å². The summed E-state index contributed by atoms with van der Waals surface area (Å²) in [7, 11) is 1.54. The molecule has 2 amide bonds. The molecule has 18 heavy (non-hydrogen) atoms. The van der Waals surface area contributed by atoms with Crippen LogP contribution in [0.3, 0.4) is 0 Å². The molecule has 2 atom stereocenters. The number of hydrogen-bond donors (Lipinski definition) is 2. The summed E-state index contributed by atoms with van der Waals surface area (Å²) in [6, 6.07) is 6.81. The van der Waals surface area contributed by atoms with Crippen LogP contribution in [0.5, 0.6) is 5.75 Å². The number of aliphatic hydroxyl groups excluding tert-OH is 2. The summed E-state index contributed by atoms with van der Waals surface area (Å²) in [4.78, 5) is 23.9. The van der Waals surface area contributed by atoms with E-state index in [1.807, 2.05) is 0 Å². The predicted octanol–water partition coefficient (Wildman–Crippen LogP) is -0.714. The van der Waals surface area contributed by atoms with Gasteiger partial charge in [-0.1, -0.05) is 12.1 Å². The number of hydrogen-bond acceptors (Lipinski definition) is 5. The van der Waals surface area contributed by atoms with Gasteiger partial charge in [0, 0.05) is 0 Å². The first-order valence-corrected chi connectivity index (χ1v) is 5.39. The standard InChI is InChI=1S/C12H13NO5/c1-18-8-4-2-7(3-5-8)6-13-11(16)9(14)10(15)12(13)17/h2-5,9-10,14-15H,6H2,1H3/t9-,10-/m1/s1. The molecule has 0 spiro atoms. The Kier molecular flexibility index (Phi) is 3.31. The van der Waals surface area contributed by atoms with Crippen LogP contribution in [0.4, 0.5) is 0 Å². The normalized spacial score (nSPS) is 23.6. The summed E-state index contributed by atoms with van der Waals surface area (Å²) < 4.78 is 4.99. The van der Waals surface area contributed by atoms with Crippen molar-refractivity contribution >= 4 is 11.8 Å². The summed E-state index contributed by atoms with van der Waals surface area (Å²) in [5.74, 6) is -0.885. The fraction of sp³-hybridized carbons (Fsp3) is 0.333. The molecule has 0 aliphatic carbocycles. The van der Waals surface area contributed by atoms with E-state index >= 15 is 0 Å². The molecule has 2 rings (SSSR count). The molecule has 1 aliphatic heterocycles. The van der Waals surface area contributed by atoms with Crippen LogP contribution >= 0.6 is 0 Å². The van der Waals surface area contributed by atoms with Crippen LogP contribution < -0.4 is 4.74 Å². The minimum Gasteiger partial charge on any atom is -0.497 e. The van der Waals surface area contributed by atoms with E-state index in [0.29, 0.717) is 11.3 Å². The Hall–Kier alpha value is -1.92. The first kappa shape index (κ1) is 12.5. The molecule has 1 aromatic carbocycles. The van der Waals surface area contributed by atoms with E-state index in [1.165, 1.54) is 7.11 Å². The monoisotopic (exact) mass is 251 g/mol. The molecule has 1 aromatic rings. The number of imide groups is 1. The lowest BCUT2D eigenvalue weighted by molar-refractivity contribution is -0.142. The second kappa shape index (κ2) is 4.75. The molecule has 0 aromatic heterocycles. The third-order valence-corrected chi connectivity index (χ3v) is 2.84. The molecular formula is C12H13NO5. The van der Waals surface area contributed by atoms with Crippen molar-refractivity contribution in [1.82, 2.24) is 4.90 Å². The predicted molar refractivity (Wildman–Crippen MR) is 60.6 cm³/mol. The zero-order chi connectivity index (χ0) is 13.3. The zero-order valence-electron chi connectivity index (χ0n) is 9.74. The highest BCUT2D eigenvalue weighted by Crippen LogP contribution is 2.18. The Bertz CT molecular complexity index is 450. The molecule has 1 saturated heterocycles. The average Bonchev–Trinajstić information content (AvgIpc) is 2.57. The Balaban J connectivity index is 2.13. The SMILES string of the molecule is COc1ccc(CN2C(=O)[C@H](O)[C@@H](O)C2=O)cc1. The number of likely N-dealkylation sites (tertiary alicyclic amines) is 1. The second-order valence-electron chi connectivity index (χ2n) is 4.00. The van der Waals surface area contributed by atoms with Crippen molar-refractivity contribution in [3.05, 3.63) is 29.8 Å². The number of carbonyl (C=O) groups is 2. The maximum atomic E-state index is 11.5. The molecule has 6 nitrogen and oxygen atoms in total. The molecule has 1 heterocycles. The summed E-state index contributed by atoms with van der Waals surface area (Å²) in [6.07, 6.45) is -3.31. The van der Waals surface area contributed by atoms with E-state index in [4.69, 9.17) is 4.74 Å². The van der Waals surface area contributed by atoms with Gasteiger partial charge in [-0.25, -0.2) is 0 Å². The van der Waals surface area contributed by atoms with Crippen molar-refractivity contribution in [2.75, 3.05) is 7.11 Å². The van der Waals surface area contributed by atoms with Crippen LogP contribution in [0.25, 0.3) is 0 Å². The van der Waals surface area contributed by atoms with E-state index < -0.39 is 24.0 Å². The van der Waals surface area contributed by atoms with Crippen molar-refractivity contribution < 1.29 is 24.5 Å². The van der Waals surface area contributed by atoms with Crippen LogP contribution in [0, 0.1) is 0 Å². The van der Waals surface area contributed by atoms with E-state index in [2.05, 4.69) is 0 Å². The van der Waals surface area contributed by atoms with Gasteiger partial charge in [0.25, 0.3) is 11.8 Å². The third-order valence-electron chi connectivity index (χ3n) is 2.84. The molecule has 0 bridgehead atoms. The number of amides is 2. The molecular weight excluding hydrogens is 238 g/mol. The highest BCUT2D eigenvalue weighted by molar-refractivity contribution is 6.07. The number of rotatable bonds is 3. The second-order valence-corrected chi connectivity index (χ2v) is 4.00. The van der Waals surface area contributed by atoms with Gasteiger partial charge >= 0.3 is 0 Å². The zero-order valence-corrected chi connectivity index (χ0v) is 9.74. The fourth-order valence-electron chi connectivity index (χ4n) is 1.77. The van der Waals surface area contributed by atoms with Crippen molar-refractivity contribution in [1.29, 1.82) is 0 Å². The number of methoxy groups -OCH3 is 1. The number of aliphatic hydroxyl groups is 2. The van der Waals surface area contributed by atoms with Crippen molar-refractivity contribution in [3.63, 3.8) is 0 Å². The first-order chi connectivity index (χ1) is 8.54. The largest absolute Gasteiger partial charge is 0.497 e. The number of benzene rings is 1.